The Balaban J connectivity index is -0.0000000325. The maximum atomic E-state index is 7.86. The van der Waals surface area contributed by atoms with E-state index in [1.165, 1.54) is 5.01 Å². The molecule has 0 radical (unpaired) electrons. The van der Waals surface area contributed by atoms with E-state index in [0.29, 0.717) is 6.54 Å². The molecule has 216 valence electrons. The van der Waals surface area contributed by atoms with E-state index in [1.54, 1.807) is 0 Å². The normalized spacial score (nSPS) is 6.34. The molecular formula is C17H58N18. The fourth-order valence-electron chi connectivity index (χ4n) is 0.382. The summed E-state index contributed by atoms with van der Waals surface area (Å²) in [5, 5.41) is 10.5. The predicted octanol–water partition coefficient (Wildman–Crippen LogP) is 2.07. The van der Waals surface area contributed by atoms with E-state index in [0.717, 1.165) is 26.2 Å². The molecule has 0 aromatic heterocycles. The third-order valence-electron chi connectivity index (χ3n) is 1.07. The summed E-state index contributed by atoms with van der Waals surface area (Å²) in [5.74, 6) is 0. The number of azide groups is 3. The van der Waals surface area contributed by atoms with Crippen molar-refractivity contribution in [1.82, 2.24) is 5.01 Å². The van der Waals surface area contributed by atoms with Gasteiger partial charge in [-0.1, -0.05) is 65.6 Å². The van der Waals surface area contributed by atoms with Crippen LogP contribution in [0.3, 0.4) is 0 Å². The highest BCUT2D eigenvalue weighted by molar-refractivity contribution is 4.46. The van der Waals surface area contributed by atoms with Gasteiger partial charge in [-0.3, -0.25) is 5.73 Å². The van der Waals surface area contributed by atoms with Gasteiger partial charge in [0.25, 0.3) is 0 Å². The zero-order valence-electron chi connectivity index (χ0n) is 23.6. The van der Waals surface area contributed by atoms with E-state index in [1.807, 2.05) is 62.3 Å². The summed E-state index contributed by atoms with van der Waals surface area (Å²) < 4.78 is 0. The molecule has 0 bridgehead atoms. The van der Waals surface area contributed by atoms with Gasteiger partial charge in [0.05, 0.1) is 13.2 Å². The van der Waals surface area contributed by atoms with Crippen molar-refractivity contribution in [3.05, 3.63) is 31.3 Å². The van der Waals surface area contributed by atoms with Crippen LogP contribution in [0.4, 0.5) is 0 Å². The van der Waals surface area contributed by atoms with Gasteiger partial charge in [-0.25, -0.2) is 5.01 Å². The molecule has 18 nitrogen and oxygen atoms in total. The lowest BCUT2D eigenvalue weighted by atomic mass is 10.7. The van der Waals surface area contributed by atoms with Crippen molar-refractivity contribution >= 4 is 0 Å². The maximum Gasteiger partial charge on any atom is 0.138 e. The van der Waals surface area contributed by atoms with Gasteiger partial charge in [0, 0.05) is 9.82 Å². The summed E-state index contributed by atoms with van der Waals surface area (Å²) in [6.07, 6.45) is -0.894. The van der Waals surface area contributed by atoms with Crippen LogP contribution in [0.1, 0.15) is 62.3 Å². The minimum Gasteiger partial charge on any atom is -0.331 e. The van der Waals surface area contributed by atoms with Gasteiger partial charge in [0.1, 0.15) is 13.0 Å². The molecule has 0 aliphatic carbocycles. The first-order chi connectivity index (χ1) is 16.7. The van der Waals surface area contributed by atoms with Crippen LogP contribution in [0.2, 0.25) is 0 Å². The monoisotopic (exact) mass is 515 g/mol. The number of hydrogen-bond acceptors (Lipinski definition) is 11. The lowest BCUT2D eigenvalue weighted by Crippen LogP contribution is -2.26. The Kier molecular flexibility index (Phi) is 180. The van der Waals surface area contributed by atoms with E-state index in [9.17, 15) is 0 Å². The highest BCUT2D eigenvalue weighted by Gasteiger charge is 1.91. The van der Waals surface area contributed by atoms with Crippen molar-refractivity contribution in [2.75, 3.05) is 46.1 Å². The van der Waals surface area contributed by atoms with Crippen molar-refractivity contribution in [1.29, 1.82) is 0 Å². The summed E-state index contributed by atoms with van der Waals surface area (Å²) in [6, 6.07) is 0. The molecule has 0 saturated heterocycles. The van der Waals surface area contributed by atoms with E-state index < -0.39 is 6.29 Å². The minimum atomic E-state index is -0.894. The molecule has 0 unspecified atom stereocenters. The topological polar surface area (TPSA) is 358 Å². The van der Waals surface area contributed by atoms with Crippen molar-refractivity contribution in [3.8, 4) is 0 Å². The molecule has 0 spiro atoms. The second kappa shape index (κ2) is 108. The van der Waals surface area contributed by atoms with Crippen LogP contribution in [0.5, 0.6) is 0 Å². The van der Waals surface area contributed by atoms with Crippen molar-refractivity contribution in [3.63, 3.8) is 0 Å². The maximum absolute atomic E-state index is 7.86. The standard InChI is InChI=1S/C3H9N5.4C2H7N.2C2H6.CH5N5.CH4N4/c1-2-8(3-4)7-6-5;4*1-2-3;2*1-2;2-1(3)5-6-4;2-1-4-5-3/h2-4H2,1H3;4*2-3H2,1H3;2*1-2H3;1H,2-3H2;1-2H2. The highest BCUT2D eigenvalue weighted by atomic mass is 15.5. The number of nitrogens with zero attached hydrogens (tertiary/aromatic N) is 10. The van der Waals surface area contributed by atoms with Crippen LogP contribution in [-0.2, 0) is 0 Å². The quantitative estimate of drug-likeness (QED) is 0.0872. The smallest absolute Gasteiger partial charge is 0.138 e. The summed E-state index contributed by atoms with van der Waals surface area (Å²) in [5.41, 5.74) is 61.6. The average molecular weight is 515 g/mol. The van der Waals surface area contributed by atoms with Gasteiger partial charge in [-0.2, -0.15) is 4.91 Å². The van der Waals surface area contributed by atoms with E-state index >= 15 is 0 Å². The molecule has 0 aliphatic rings. The molecule has 0 fully saturated rings. The average Bonchev–Trinajstić information content (AvgIpc) is 2.83. The molecule has 0 rings (SSSR count). The molecule has 0 aromatic carbocycles. The zero-order chi connectivity index (χ0) is 30.3. The number of rotatable bonds is 5. The predicted molar refractivity (Wildman–Crippen MR) is 152 cm³/mol. The molecule has 0 heterocycles. The fraction of sp³-hybridized carbons (Fsp3) is 1.00. The van der Waals surface area contributed by atoms with Crippen molar-refractivity contribution in [2.45, 2.75) is 68.6 Å². The van der Waals surface area contributed by atoms with Gasteiger partial charge in [0.2, 0.25) is 0 Å². The first kappa shape index (κ1) is 58.3. The van der Waals surface area contributed by atoms with Crippen LogP contribution < -0.4 is 45.9 Å². The Bertz CT molecular complexity index is 376. The van der Waals surface area contributed by atoms with E-state index in [4.69, 9.17) is 62.5 Å². The fourth-order valence-corrected chi connectivity index (χ4v) is 0.382. The second-order valence-electron chi connectivity index (χ2n) is 3.93. The summed E-state index contributed by atoms with van der Waals surface area (Å²) >= 11 is 0. The molecule has 18 heteroatoms. The molecule has 35 heavy (non-hydrogen) atoms. The highest BCUT2D eigenvalue weighted by Crippen LogP contribution is 1.82. The zero-order valence-corrected chi connectivity index (χ0v) is 23.6. The largest absolute Gasteiger partial charge is 0.331 e. The van der Waals surface area contributed by atoms with Gasteiger partial charge in [-0.15, -0.1) is 5.53 Å². The molecule has 16 N–H and O–H groups in total. The minimum absolute atomic E-state index is 0.0521. The van der Waals surface area contributed by atoms with Crippen LogP contribution in [0, 0.1) is 0 Å². The summed E-state index contributed by atoms with van der Waals surface area (Å²) in [4.78, 5) is 7.21. The first-order valence-electron chi connectivity index (χ1n) is 11.3. The third-order valence-corrected chi connectivity index (χ3v) is 1.07. The first-order valence-corrected chi connectivity index (χ1v) is 11.3. The lowest BCUT2D eigenvalue weighted by Gasteiger charge is -2.05. The molecule has 0 atom stereocenters. The Morgan fingerprint density at radius 2 is 0.971 bits per heavy atom. The number of hydrogen-bond donors (Lipinski definition) is 8. The molecule has 0 saturated carbocycles. The van der Waals surface area contributed by atoms with Crippen molar-refractivity contribution < 1.29 is 0 Å². The SMILES string of the molecule is CC.CC.CCN.CCN.CCN.CCN.CCN(CN)N=[N+]=[N-].[N-]=[N+]=NC(N)N.[N-]=[N+]=NCN. The van der Waals surface area contributed by atoms with Crippen LogP contribution in [0.15, 0.2) is 15.5 Å². The lowest BCUT2D eigenvalue weighted by molar-refractivity contribution is 0.308. The summed E-state index contributed by atoms with van der Waals surface area (Å²) in [7, 11) is 0. The van der Waals surface area contributed by atoms with E-state index in [-0.39, 0.29) is 13.3 Å². The van der Waals surface area contributed by atoms with Gasteiger partial charge in [-0.05, 0) is 49.4 Å². The van der Waals surface area contributed by atoms with Crippen LogP contribution in [0.25, 0.3) is 31.3 Å². The van der Waals surface area contributed by atoms with Crippen molar-refractivity contribution in [2.24, 2.45) is 61.3 Å². The molecular weight excluding hydrogens is 456 g/mol. The molecule has 0 aromatic rings. The Morgan fingerprint density at radius 3 is 1.00 bits per heavy atom. The molecule has 0 aliphatic heterocycles. The van der Waals surface area contributed by atoms with Crippen LogP contribution >= 0.6 is 0 Å². The van der Waals surface area contributed by atoms with Gasteiger partial charge in [0.15, 0.2) is 0 Å². The summed E-state index contributed by atoms with van der Waals surface area (Å²) in [6.45, 7) is 21.5. The Hall–Kier alpha value is -2.59. The molecule has 0 amide bonds. The number of nitrogens with two attached hydrogens (primary N) is 8. The van der Waals surface area contributed by atoms with E-state index in [2.05, 4.69) is 30.2 Å². The van der Waals surface area contributed by atoms with Gasteiger partial charge < -0.3 is 40.1 Å². The van der Waals surface area contributed by atoms with Gasteiger partial charge >= 0.3 is 0 Å². The second-order valence-corrected chi connectivity index (χ2v) is 3.93. The Labute approximate surface area is 212 Å². The Morgan fingerprint density at radius 1 is 0.657 bits per heavy atom. The van der Waals surface area contributed by atoms with Crippen LogP contribution in [-0.4, -0.2) is 57.4 Å². The third kappa shape index (κ3) is 307.